The molecule has 1 saturated heterocycles. The molecule has 22 heteroatoms. The third kappa shape index (κ3) is 13.2. The normalized spacial score (nSPS) is 13.7. The Labute approximate surface area is 330 Å². The molecule has 2 aromatic heterocycles. The van der Waals surface area contributed by atoms with Crippen LogP contribution in [0.25, 0.3) is 0 Å². The number of piperidine rings is 1. The Morgan fingerprint density at radius 3 is 2.16 bits per heavy atom. The predicted molar refractivity (Wildman–Crippen MR) is 197 cm³/mol. The van der Waals surface area contributed by atoms with Crippen LogP contribution in [0.15, 0.2) is 67.1 Å². The Balaban J connectivity index is 0.000000456. The molecule has 6 rings (SSSR count). The summed E-state index contributed by atoms with van der Waals surface area (Å²) in [6, 6.07) is 16.6. The van der Waals surface area contributed by atoms with Crippen molar-refractivity contribution in [3.63, 3.8) is 0 Å². The number of aromatic nitrogens is 3. The van der Waals surface area contributed by atoms with Crippen molar-refractivity contribution in [1.29, 1.82) is 5.26 Å². The number of benzene rings is 2. The van der Waals surface area contributed by atoms with Gasteiger partial charge in [-0.15, -0.1) is 0 Å². The fourth-order valence-electron chi connectivity index (χ4n) is 5.44. The van der Waals surface area contributed by atoms with Gasteiger partial charge in [-0.1, -0.05) is 23.7 Å². The van der Waals surface area contributed by atoms with E-state index in [2.05, 4.69) is 42.3 Å². The topological polar surface area (TPSA) is 223 Å². The highest BCUT2D eigenvalue weighted by Gasteiger charge is 2.39. The minimum absolute atomic E-state index is 0.0629. The van der Waals surface area contributed by atoms with Crippen molar-refractivity contribution in [2.45, 2.75) is 44.5 Å². The Morgan fingerprint density at radius 2 is 1.52 bits per heavy atom. The molecular formula is C36H32ClF6N9O6. The monoisotopic (exact) mass is 835 g/mol. The molecule has 0 spiro atoms. The van der Waals surface area contributed by atoms with Crippen LogP contribution >= 0.6 is 11.6 Å². The van der Waals surface area contributed by atoms with Crippen LogP contribution in [0.2, 0.25) is 5.02 Å². The molecule has 1 fully saturated rings. The molecule has 0 radical (unpaired) electrons. The van der Waals surface area contributed by atoms with Gasteiger partial charge in [0.25, 0.3) is 0 Å². The quantitative estimate of drug-likeness (QED) is 0.110. The number of aliphatic carboxylic acids is 2. The largest absolute Gasteiger partial charge is 0.490 e. The first kappa shape index (κ1) is 44.0. The Bertz CT molecular complexity index is 2150. The number of alkyl halides is 6. The summed E-state index contributed by atoms with van der Waals surface area (Å²) in [7, 11) is 0. The van der Waals surface area contributed by atoms with Crippen molar-refractivity contribution in [2.24, 2.45) is 5.92 Å². The second kappa shape index (κ2) is 19.4. The zero-order valence-electron chi connectivity index (χ0n) is 29.8. The second-order valence-electron chi connectivity index (χ2n) is 12.5. The first-order valence-corrected chi connectivity index (χ1v) is 17.3. The number of fused-ring (bicyclic) bond motifs is 6. The van der Waals surface area contributed by atoms with Crippen molar-refractivity contribution < 1.29 is 55.7 Å². The van der Waals surface area contributed by atoms with Crippen LogP contribution in [-0.2, 0) is 27.2 Å². The summed E-state index contributed by atoms with van der Waals surface area (Å²) < 4.78 is 63.5. The average Bonchev–Trinajstić information content (AvgIpc) is 3.16. The van der Waals surface area contributed by atoms with Crippen molar-refractivity contribution in [2.75, 3.05) is 34.4 Å². The number of hydrogen-bond acceptors (Lipinski definition) is 10. The summed E-state index contributed by atoms with van der Waals surface area (Å²) >= 11 is 6.38. The van der Waals surface area contributed by atoms with Gasteiger partial charge in [-0.2, -0.15) is 36.6 Å². The third-order valence-electron chi connectivity index (χ3n) is 8.27. The fraction of sp³-hybridized carbons (Fsp3) is 0.278. The van der Waals surface area contributed by atoms with E-state index in [9.17, 15) is 41.2 Å². The molecule has 4 heterocycles. The summed E-state index contributed by atoms with van der Waals surface area (Å²) in [6.45, 7) is 1.08. The van der Waals surface area contributed by atoms with E-state index in [1.54, 1.807) is 35.4 Å². The van der Waals surface area contributed by atoms with Crippen molar-refractivity contribution >= 4 is 70.0 Å². The maximum Gasteiger partial charge on any atom is 0.490 e. The van der Waals surface area contributed by atoms with E-state index in [0.717, 1.165) is 41.0 Å². The van der Waals surface area contributed by atoms with Gasteiger partial charge in [0.2, 0.25) is 11.9 Å². The molecular weight excluding hydrogens is 804 g/mol. The number of nitrogens with one attached hydrogen (secondary N) is 4. The number of carboxylic acid groups (broad SMARTS) is 2. The second-order valence-corrected chi connectivity index (χ2v) is 12.9. The molecule has 0 aliphatic carbocycles. The van der Waals surface area contributed by atoms with E-state index in [1.807, 2.05) is 30.5 Å². The van der Waals surface area contributed by atoms with Crippen LogP contribution < -0.4 is 21.3 Å². The summed E-state index contributed by atoms with van der Waals surface area (Å²) in [4.78, 5) is 58.7. The Hall–Kier alpha value is -6.69. The molecule has 58 heavy (non-hydrogen) atoms. The molecule has 0 unspecified atom stereocenters. The standard InChI is InChI=1S/C32H30ClN9O2.2C2HF3O2/c33-26-19-36-31-38-25-13-21(17-35-18-25)5-6-22-15-24(37-30(26)41-31)7-8-28(22)39-29(43)14-20-9-11-42(12-10-20)32(44)40-27-4-2-1-3-23(27)16-34;2*3-2(4,5)1(6)7/h1-4,7-8,13,15,17-20H,5-6,9-12,14H2,(H,39,43)(H,40,44)(H2,36,37,38,41);2*(H,6,7). The van der Waals surface area contributed by atoms with E-state index in [1.165, 1.54) is 6.20 Å². The number of likely N-dealkylation sites (tertiary alicyclic amines) is 1. The number of urea groups is 1. The number of carboxylic acids is 2. The van der Waals surface area contributed by atoms with Gasteiger partial charge in [-0.05, 0) is 79.1 Å². The highest BCUT2D eigenvalue weighted by Crippen LogP contribution is 2.30. The lowest BCUT2D eigenvalue weighted by Crippen LogP contribution is -2.41. The summed E-state index contributed by atoms with van der Waals surface area (Å²) in [5.41, 5.74) is 5.23. The zero-order chi connectivity index (χ0) is 42.6. The van der Waals surface area contributed by atoms with Crippen LogP contribution in [-0.4, -0.2) is 79.4 Å². The first-order chi connectivity index (χ1) is 27.3. The molecule has 6 N–H and O–H groups in total. The number of amides is 3. The molecule has 2 aromatic carbocycles. The molecule has 0 atom stereocenters. The van der Waals surface area contributed by atoms with Gasteiger partial charge < -0.3 is 36.4 Å². The van der Waals surface area contributed by atoms with Crippen LogP contribution in [0.1, 0.15) is 36.0 Å². The summed E-state index contributed by atoms with van der Waals surface area (Å²) in [6.07, 6.45) is -1.90. The number of nitriles is 1. The van der Waals surface area contributed by atoms with Crippen LogP contribution in [0.3, 0.4) is 0 Å². The number of anilines is 6. The van der Waals surface area contributed by atoms with Gasteiger partial charge >= 0.3 is 30.3 Å². The average molecular weight is 836 g/mol. The number of para-hydroxylation sites is 1. The first-order valence-electron chi connectivity index (χ1n) is 16.9. The van der Waals surface area contributed by atoms with Gasteiger partial charge in [-0.25, -0.2) is 19.4 Å². The lowest BCUT2D eigenvalue weighted by Gasteiger charge is -2.32. The molecule has 4 aromatic rings. The number of halogens is 7. The number of rotatable bonds is 4. The fourth-order valence-corrected chi connectivity index (χ4v) is 5.58. The number of carbonyl (C=O) groups excluding carboxylic acids is 2. The van der Waals surface area contributed by atoms with E-state index in [-0.39, 0.29) is 17.9 Å². The molecule has 3 amide bonds. The van der Waals surface area contributed by atoms with Crippen LogP contribution in [0, 0.1) is 17.2 Å². The lowest BCUT2D eigenvalue weighted by atomic mass is 9.93. The summed E-state index contributed by atoms with van der Waals surface area (Å²) in [5, 5.41) is 36.3. The van der Waals surface area contributed by atoms with Gasteiger partial charge in [0.05, 0.1) is 29.3 Å². The van der Waals surface area contributed by atoms with E-state index >= 15 is 0 Å². The molecule has 2 aliphatic heterocycles. The van der Waals surface area contributed by atoms with Gasteiger partial charge in [0.1, 0.15) is 11.1 Å². The molecule has 15 nitrogen and oxygen atoms in total. The number of pyridine rings is 1. The van der Waals surface area contributed by atoms with Crippen molar-refractivity contribution in [3.8, 4) is 6.07 Å². The van der Waals surface area contributed by atoms with Crippen molar-refractivity contribution in [3.05, 3.63) is 88.8 Å². The van der Waals surface area contributed by atoms with E-state index < -0.39 is 24.3 Å². The third-order valence-corrected chi connectivity index (χ3v) is 8.55. The number of aryl methyl sites for hydroxylation is 2. The van der Waals surface area contributed by atoms with E-state index in [0.29, 0.717) is 60.4 Å². The molecule has 0 saturated carbocycles. The van der Waals surface area contributed by atoms with Gasteiger partial charge in [-0.3, -0.25) is 9.78 Å². The Morgan fingerprint density at radius 1 is 0.862 bits per heavy atom. The van der Waals surface area contributed by atoms with Gasteiger partial charge in [0, 0.05) is 37.1 Å². The SMILES string of the molecule is N#Cc1ccccc1NC(=O)N1CCC(CC(=O)Nc2ccc3cc2CCc2cncc(c2)Nc2ncc(Cl)c(n2)N3)CC1.O=C(O)C(F)(F)F.O=C(O)C(F)(F)F. The van der Waals surface area contributed by atoms with Gasteiger partial charge in [0.15, 0.2) is 5.82 Å². The van der Waals surface area contributed by atoms with Crippen LogP contribution in [0.4, 0.5) is 65.7 Å². The maximum absolute atomic E-state index is 13.2. The molecule has 306 valence electrons. The summed E-state index contributed by atoms with van der Waals surface area (Å²) in [5.74, 6) is -4.56. The number of nitrogens with zero attached hydrogens (tertiary/aromatic N) is 5. The maximum atomic E-state index is 13.2. The lowest BCUT2D eigenvalue weighted by molar-refractivity contribution is -0.193. The Kier molecular flexibility index (Phi) is 14.8. The molecule has 6 bridgehead atoms. The molecule has 2 aliphatic rings. The van der Waals surface area contributed by atoms with Crippen LogP contribution in [0.5, 0.6) is 0 Å². The highest BCUT2D eigenvalue weighted by atomic mass is 35.5. The van der Waals surface area contributed by atoms with Crippen molar-refractivity contribution in [1.82, 2.24) is 19.9 Å². The smallest absolute Gasteiger partial charge is 0.475 e. The van der Waals surface area contributed by atoms with E-state index in [4.69, 9.17) is 31.4 Å². The minimum atomic E-state index is -5.08. The number of hydrogen-bond donors (Lipinski definition) is 6. The number of carbonyl (C=O) groups is 4. The minimum Gasteiger partial charge on any atom is -0.475 e. The highest BCUT2D eigenvalue weighted by molar-refractivity contribution is 6.32. The zero-order valence-corrected chi connectivity index (χ0v) is 30.5. The predicted octanol–water partition coefficient (Wildman–Crippen LogP) is 7.52.